The zero-order chi connectivity index (χ0) is 34.9. The summed E-state index contributed by atoms with van der Waals surface area (Å²) < 4.78 is 0. The number of nitrogens with one attached hydrogen (secondary N) is 2. The maximum Gasteiger partial charge on any atom is 0.245 e. The zero-order valence-electron chi connectivity index (χ0n) is 30.9. The lowest BCUT2D eigenvalue weighted by Gasteiger charge is -2.41. The first-order valence-corrected chi connectivity index (χ1v) is 19.5. The van der Waals surface area contributed by atoms with Gasteiger partial charge in [-0.1, -0.05) is 127 Å². The van der Waals surface area contributed by atoms with Gasteiger partial charge in [-0.25, -0.2) is 0 Å². The van der Waals surface area contributed by atoms with Crippen LogP contribution < -0.4 is 16.0 Å². The quantitative estimate of drug-likeness (QED) is 0.0930. The van der Waals surface area contributed by atoms with E-state index in [9.17, 15) is 9.59 Å². The summed E-state index contributed by atoms with van der Waals surface area (Å²) in [5, 5.41) is 4.08. The Kier molecular flexibility index (Phi) is 16.0. The van der Waals surface area contributed by atoms with Gasteiger partial charge in [-0.15, -0.1) is 0 Å². The van der Waals surface area contributed by atoms with Gasteiger partial charge in [-0.05, 0) is 56.9 Å². The highest BCUT2D eigenvalue weighted by Gasteiger charge is 2.34. The molecule has 2 aromatic carbocycles. The summed E-state index contributed by atoms with van der Waals surface area (Å²) >= 11 is 0. The van der Waals surface area contributed by atoms with Crippen molar-refractivity contribution in [1.29, 1.82) is 0 Å². The minimum Gasteiger partial charge on any atom is -0.368 e. The normalized spacial score (nSPS) is 14.7. The van der Waals surface area contributed by atoms with Crippen LogP contribution in [-0.2, 0) is 16.0 Å². The van der Waals surface area contributed by atoms with Gasteiger partial charge in [-0.3, -0.25) is 9.59 Å². The Morgan fingerprint density at radius 1 is 0.837 bits per heavy atom. The third-order valence-electron chi connectivity index (χ3n) is 10.3. The molecule has 1 fully saturated rings. The Balaban J connectivity index is 1.25. The number of carbonyl (C=O) groups excluding carboxylic acids is 2. The molecule has 2 heterocycles. The number of anilines is 1. The molecule has 7 nitrogen and oxygen atoms in total. The van der Waals surface area contributed by atoms with Gasteiger partial charge in [0.05, 0.1) is 5.54 Å². The third kappa shape index (κ3) is 12.5. The van der Waals surface area contributed by atoms with Crippen LogP contribution in [0.25, 0.3) is 10.9 Å². The van der Waals surface area contributed by atoms with Gasteiger partial charge < -0.3 is 25.8 Å². The van der Waals surface area contributed by atoms with Gasteiger partial charge in [0.2, 0.25) is 11.8 Å². The number of hydrogen-bond acceptors (Lipinski definition) is 4. The number of aromatic amines is 1. The first kappa shape index (κ1) is 38.5. The average Bonchev–Trinajstić information content (AvgIpc) is 3.52. The highest BCUT2D eigenvalue weighted by molar-refractivity contribution is 5.92. The zero-order valence-corrected chi connectivity index (χ0v) is 30.9. The fourth-order valence-corrected chi connectivity index (χ4v) is 7.30. The monoisotopic (exact) mass is 672 g/mol. The van der Waals surface area contributed by atoms with Gasteiger partial charge in [-0.2, -0.15) is 0 Å². The minimum atomic E-state index is -1.07. The molecule has 1 saturated heterocycles. The van der Waals surface area contributed by atoms with Crippen molar-refractivity contribution in [2.24, 2.45) is 5.73 Å². The molecule has 49 heavy (non-hydrogen) atoms. The second kappa shape index (κ2) is 20.4. The average molecular weight is 672 g/mol. The number of aromatic nitrogens is 1. The molecule has 4 N–H and O–H groups in total. The number of carbonyl (C=O) groups is 2. The maximum absolute atomic E-state index is 14.0. The van der Waals surface area contributed by atoms with E-state index in [0.717, 1.165) is 35.9 Å². The van der Waals surface area contributed by atoms with Crippen LogP contribution >= 0.6 is 0 Å². The van der Waals surface area contributed by atoms with Gasteiger partial charge in [0.25, 0.3) is 0 Å². The second-order valence-electron chi connectivity index (χ2n) is 15.0. The molecule has 2 amide bonds. The van der Waals surface area contributed by atoms with Crippen molar-refractivity contribution in [3.8, 4) is 0 Å². The number of amides is 2. The van der Waals surface area contributed by atoms with Crippen molar-refractivity contribution in [2.45, 2.75) is 148 Å². The van der Waals surface area contributed by atoms with Gasteiger partial charge in [0, 0.05) is 54.9 Å². The van der Waals surface area contributed by atoms with Crippen LogP contribution in [0, 0.1) is 0 Å². The first-order chi connectivity index (χ1) is 23.8. The molecule has 0 bridgehead atoms. The number of H-pyrrole nitrogens is 1. The Hall–Kier alpha value is -3.32. The summed E-state index contributed by atoms with van der Waals surface area (Å²) in [5.74, 6) is -0.344. The predicted molar refractivity (Wildman–Crippen MR) is 206 cm³/mol. The van der Waals surface area contributed by atoms with Crippen LogP contribution in [0.3, 0.4) is 0 Å². The second-order valence-corrected chi connectivity index (χ2v) is 15.0. The number of nitrogens with zero attached hydrogens (tertiary/aromatic N) is 2. The molecule has 7 heteroatoms. The topological polar surface area (TPSA) is 94.5 Å². The molecule has 1 aliphatic heterocycles. The number of piperidine rings is 1. The Morgan fingerprint density at radius 2 is 1.39 bits per heavy atom. The lowest BCUT2D eigenvalue weighted by Crippen LogP contribution is -2.58. The van der Waals surface area contributed by atoms with E-state index in [-0.39, 0.29) is 11.8 Å². The van der Waals surface area contributed by atoms with E-state index in [1.165, 1.54) is 95.6 Å². The molecule has 1 atom stereocenters. The molecular weight excluding hydrogens is 606 g/mol. The number of benzene rings is 2. The molecule has 0 radical (unpaired) electrons. The SMILES string of the molecule is CCCCCCCCCCCCCCCCN(c1ccccc1)C1CCN(C(=O)C(Cc2c[nH]c3ccccc23)NC(=O)C(C)(C)N)CC1. The summed E-state index contributed by atoms with van der Waals surface area (Å²) in [4.78, 5) is 34.9. The Morgan fingerprint density at radius 3 is 1.98 bits per heavy atom. The highest BCUT2D eigenvalue weighted by Crippen LogP contribution is 2.26. The van der Waals surface area contributed by atoms with E-state index in [2.05, 4.69) is 58.5 Å². The number of rotatable bonds is 22. The van der Waals surface area contributed by atoms with Crippen molar-refractivity contribution >= 4 is 28.4 Å². The van der Waals surface area contributed by atoms with Crippen molar-refractivity contribution in [3.63, 3.8) is 0 Å². The van der Waals surface area contributed by atoms with Gasteiger partial charge in [0.1, 0.15) is 6.04 Å². The molecule has 1 aromatic heterocycles. The van der Waals surface area contributed by atoms with E-state index in [4.69, 9.17) is 5.73 Å². The molecule has 4 rings (SSSR count). The summed E-state index contributed by atoms with van der Waals surface area (Å²) in [7, 11) is 0. The number of nitrogens with two attached hydrogens (primary N) is 1. The molecule has 1 aliphatic rings. The molecule has 1 unspecified atom stereocenters. The Bertz CT molecular complexity index is 1370. The van der Waals surface area contributed by atoms with E-state index < -0.39 is 11.6 Å². The predicted octanol–water partition coefficient (Wildman–Crippen LogP) is 8.91. The molecule has 270 valence electrons. The number of likely N-dealkylation sites (tertiary alicyclic amines) is 1. The van der Waals surface area contributed by atoms with E-state index in [0.29, 0.717) is 25.6 Å². The number of hydrogen-bond donors (Lipinski definition) is 3. The van der Waals surface area contributed by atoms with Crippen LogP contribution in [0.2, 0.25) is 0 Å². The van der Waals surface area contributed by atoms with E-state index in [1.54, 1.807) is 13.8 Å². The fourth-order valence-electron chi connectivity index (χ4n) is 7.30. The van der Waals surface area contributed by atoms with Gasteiger partial charge >= 0.3 is 0 Å². The fraction of sp³-hybridized carbons (Fsp3) is 0.619. The largest absolute Gasteiger partial charge is 0.368 e. The van der Waals surface area contributed by atoms with Crippen LogP contribution in [0.1, 0.15) is 129 Å². The number of para-hydroxylation sites is 2. The molecule has 3 aromatic rings. The first-order valence-electron chi connectivity index (χ1n) is 19.5. The standard InChI is InChI=1S/C42H65N5O2/c1-4-5-6-7-8-9-10-11-12-13-14-15-16-22-29-47(35-23-18-17-19-24-35)36-27-30-46(31-28-36)40(48)39(45-41(49)42(2,3)43)32-34-33-44-38-26-21-20-25-37(34)38/h17-21,23-26,33,36,39,44H,4-16,22,27-32,43H2,1-3H3,(H,45,49). The molecule has 0 saturated carbocycles. The minimum absolute atomic E-state index is 0.0282. The number of unbranched alkanes of at least 4 members (excludes halogenated alkanes) is 13. The van der Waals surface area contributed by atoms with E-state index >= 15 is 0 Å². The maximum atomic E-state index is 14.0. The van der Waals surface area contributed by atoms with Crippen molar-refractivity contribution < 1.29 is 9.59 Å². The van der Waals surface area contributed by atoms with Crippen LogP contribution in [-0.4, -0.2) is 59.0 Å². The lowest BCUT2D eigenvalue weighted by molar-refractivity contribution is -0.138. The summed E-state index contributed by atoms with van der Waals surface area (Å²) in [6.45, 7) is 8.04. The highest BCUT2D eigenvalue weighted by atomic mass is 16.2. The van der Waals surface area contributed by atoms with Crippen molar-refractivity contribution in [3.05, 3.63) is 66.4 Å². The molecule has 0 aliphatic carbocycles. The Labute approximate surface area is 296 Å². The lowest BCUT2D eigenvalue weighted by atomic mass is 9.98. The van der Waals surface area contributed by atoms with Crippen molar-refractivity contribution in [2.75, 3.05) is 24.5 Å². The van der Waals surface area contributed by atoms with Crippen LogP contribution in [0.5, 0.6) is 0 Å². The van der Waals surface area contributed by atoms with E-state index in [1.807, 2.05) is 29.3 Å². The van der Waals surface area contributed by atoms with Gasteiger partial charge in [0.15, 0.2) is 0 Å². The van der Waals surface area contributed by atoms with Crippen molar-refractivity contribution in [1.82, 2.24) is 15.2 Å². The number of fused-ring (bicyclic) bond motifs is 1. The summed E-state index contributed by atoms with van der Waals surface area (Å²) in [5.41, 5.74) is 8.38. The van der Waals surface area contributed by atoms with Crippen LogP contribution in [0.4, 0.5) is 5.69 Å². The van der Waals surface area contributed by atoms with Crippen LogP contribution in [0.15, 0.2) is 60.8 Å². The smallest absolute Gasteiger partial charge is 0.245 e. The third-order valence-corrected chi connectivity index (χ3v) is 10.3. The molecule has 0 spiro atoms. The summed E-state index contributed by atoms with van der Waals surface area (Å²) in [6, 6.07) is 18.6. The summed E-state index contributed by atoms with van der Waals surface area (Å²) in [6.07, 6.45) is 23.3. The molecular formula is C42H65N5O2.